The molecule has 0 spiro atoms. The van der Waals surface area contributed by atoms with E-state index in [4.69, 9.17) is 19.7 Å². The van der Waals surface area contributed by atoms with E-state index >= 15 is 0 Å². The fourth-order valence-electron chi connectivity index (χ4n) is 2.65. The van der Waals surface area contributed by atoms with Crippen LogP contribution in [0.25, 0.3) is 0 Å². The van der Waals surface area contributed by atoms with E-state index in [9.17, 15) is 35.2 Å². The van der Waals surface area contributed by atoms with Gasteiger partial charge in [-0.2, -0.15) is 0 Å². The number of aliphatic hydroxyl groups excluding tert-OH is 8. The fraction of sp³-hybridized carbons (Fsp3) is 1.00. The monoisotopic (exact) mass is 374 g/mol. The zero-order valence-corrected chi connectivity index (χ0v) is 13.2. The molecular formula is C12H22O11S. The minimum absolute atomic E-state index is 0.729. The molecule has 0 radical (unpaired) electrons. The first-order valence-electron chi connectivity index (χ1n) is 7.25. The lowest BCUT2D eigenvalue weighted by Gasteiger charge is -2.44. The molecule has 2 saturated heterocycles. The van der Waals surface area contributed by atoms with Gasteiger partial charge in [0.1, 0.15) is 36.6 Å². The standard InChI is InChI=1S/C12H22O11S/c13-1-3-5(15)7(17)9(19)11(22-3)24(21)12-10(20)8(18)6(16)4(2-14)23-12/h3-20H,1-2H2/t3-,4-,5-,6-,7+,8+,9-,10-,11?,12?,24?/m1/s1. The van der Waals surface area contributed by atoms with E-state index in [1.165, 1.54) is 0 Å². The molecule has 0 aromatic heterocycles. The van der Waals surface area contributed by atoms with E-state index in [0.717, 1.165) is 0 Å². The Morgan fingerprint density at radius 2 is 0.958 bits per heavy atom. The Hall–Kier alpha value is -0.0900. The Morgan fingerprint density at radius 3 is 1.25 bits per heavy atom. The van der Waals surface area contributed by atoms with Gasteiger partial charge in [0.25, 0.3) is 0 Å². The molecule has 8 N–H and O–H groups in total. The van der Waals surface area contributed by atoms with E-state index in [1.807, 2.05) is 0 Å². The molecule has 0 saturated carbocycles. The third-order valence-electron chi connectivity index (χ3n) is 4.15. The van der Waals surface area contributed by atoms with Gasteiger partial charge < -0.3 is 54.9 Å². The highest BCUT2D eigenvalue weighted by atomic mass is 32.2. The summed E-state index contributed by atoms with van der Waals surface area (Å²) >= 11 is -2.38. The van der Waals surface area contributed by atoms with Crippen molar-refractivity contribution in [2.75, 3.05) is 13.2 Å². The van der Waals surface area contributed by atoms with Crippen molar-refractivity contribution in [3.05, 3.63) is 0 Å². The van der Waals surface area contributed by atoms with Gasteiger partial charge in [-0.05, 0) is 0 Å². The zero-order chi connectivity index (χ0) is 18.2. The molecule has 0 aromatic carbocycles. The first-order valence-corrected chi connectivity index (χ1v) is 8.52. The van der Waals surface area contributed by atoms with E-state index < -0.39 is 84.1 Å². The predicted octanol–water partition coefficient (Wildman–Crippen LogP) is -5.67. The topological polar surface area (TPSA) is 203 Å². The Morgan fingerprint density at radius 1 is 0.625 bits per heavy atom. The van der Waals surface area contributed by atoms with Crippen molar-refractivity contribution < 1.29 is 54.9 Å². The minimum atomic E-state index is -2.38. The molecule has 10 atom stereocenters. The molecule has 2 rings (SSSR count). The largest absolute Gasteiger partial charge is 0.612 e. The molecule has 0 amide bonds. The van der Waals surface area contributed by atoms with Crippen molar-refractivity contribution in [3.8, 4) is 0 Å². The summed E-state index contributed by atoms with van der Waals surface area (Å²) in [5.74, 6) is 0. The first-order chi connectivity index (χ1) is 11.2. The van der Waals surface area contributed by atoms with E-state index in [1.54, 1.807) is 0 Å². The maximum Gasteiger partial charge on any atom is 0.247 e. The van der Waals surface area contributed by atoms with Crippen LogP contribution in [-0.2, 0) is 20.6 Å². The highest BCUT2D eigenvalue weighted by Gasteiger charge is 2.56. The second kappa shape index (κ2) is 8.07. The molecule has 12 heteroatoms. The van der Waals surface area contributed by atoms with Gasteiger partial charge in [-0.25, -0.2) is 0 Å². The van der Waals surface area contributed by atoms with Crippen LogP contribution in [0.4, 0.5) is 0 Å². The van der Waals surface area contributed by atoms with Crippen molar-refractivity contribution in [2.24, 2.45) is 0 Å². The lowest BCUT2D eigenvalue weighted by Crippen LogP contribution is -2.66. The third-order valence-corrected chi connectivity index (χ3v) is 5.85. The molecule has 142 valence electrons. The van der Waals surface area contributed by atoms with Gasteiger partial charge in [-0.1, -0.05) is 0 Å². The van der Waals surface area contributed by atoms with Crippen molar-refractivity contribution in [2.45, 2.75) is 59.7 Å². The second-order valence-electron chi connectivity index (χ2n) is 5.72. The van der Waals surface area contributed by atoms with Crippen molar-refractivity contribution >= 4 is 11.2 Å². The first kappa shape index (κ1) is 20.2. The van der Waals surface area contributed by atoms with Crippen molar-refractivity contribution in [3.63, 3.8) is 0 Å². The average Bonchev–Trinajstić information content (AvgIpc) is 2.58. The molecule has 11 nitrogen and oxygen atoms in total. The Labute approximate surface area is 139 Å². The van der Waals surface area contributed by atoms with Gasteiger partial charge in [-0.15, -0.1) is 0 Å². The lowest BCUT2D eigenvalue weighted by atomic mass is 10.0. The van der Waals surface area contributed by atoms with E-state index in [0.29, 0.717) is 0 Å². The summed E-state index contributed by atoms with van der Waals surface area (Å²) < 4.78 is 22.8. The van der Waals surface area contributed by atoms with Crippen LogP contribution in [0, 0.1) is 0 Å². The molecule has 0 bridgehead atoms. The van der Waals surface area contributed by atoms with Crippen LogP contribution in [0.3, 0.4) is 0 Å². The molecule has 2 fully saturated rings. The van der Waals surface area contributed by atoms with Gasteiger partial charge in [0.2, 0.25) is 10.9 Å². The van der Waals surface area contributed by atoms with Crippen LogP contribution in [0.5, 0.6) is 0 Å². The van der Waals surface area contributed by atoms with Crippen LogP contribution in [0.15, 0.2) is 0 Å². The van der Waals surface area contributed by atoms with Gasteiger partial charge in [0.15, 0.2) is 12.2 Å². The lowest BCUT2D eigenvalue weighted by molar-refractivity contribution is -0.218. The number of hydrogen-bond acceptors (Lipinski definition) is 11. The zero-order valence-electron chi connectivity index (χ0n) is 12.4. The maximum absolute atomic E-state index is 12.6. The van der Waals surface area contributed by atoms with Crippen LogP contribution >= 0.6 is 0 Å². The predicted molar refractivity (Wildman–Crippen MR) is 75.7 cm³/mol. The number of ether oxygens (including phenoxy) is 2. The Bertz CT molecular complexity index is 374. The van der Waals surface area contributed by atoms with E-state index in [2.05, 4.69) is 0 Å². The highest BCUT2D eigenvalue weighted by Crippen LogP contribution is 2.32. The normalized spacial score (nSPS) is 51.4. The molecular weight excluding hydrogens is 352 g/mol. The van der Waals surface area contributed by atoms with Gasteiger partial charge >= 0.3 is 0 Å². The quantitative estimate of drug-likeness (QED) is 0.218. The van der Waals surface area contributed by atoms with Crippen LogP contribution < -0.4 is 0 Å². The van der Waals surface area contributed by atoms with Gasteiger partial charge in [-0.3, -0.25) is 0 Å². The van der Waals surface area contributed by atoms with Crippen LogP contribution in [-0.4, -0.2) is 118 Å². The summed E-state index contributed by atoms with van der Waals surface area (Å²) in [5, 5.41) is 76.9. The fourth-order valence-corrected chi connectivity index (χ4v) is 4.29. The molecule has 2 aliphatic heterocycles. The molecule has 2 aliphatic rings. The summed E-state index contributed by atoms with van der Waals surface area (Å²) in [6.45, 7) is -1.46. The molecule has 2 heterocycles. The molecule has 2 unspecified atom stereocenters. The molecule has 0 aromatic rings. The number of hydrogen-bond donors (Lipinski definition) is 8. The third kappa shape index (κ3) is 3.56. The summed E-state index contributed by atoms with van der Waals surface area (Å²) in [6, 6.07) is 0. The Balaban J connectivity index is 2.18. The molecule has 24 heavy (non-hydrogen) atoms. The van der Waals surface area contributed by atoms with Gasteiger partial charge in [0.05, 0.1) is 13.2 Å². The molecule has 0 aliphatic carbocycles. The SMILES string of the molecule is [O-][S+](C1O[C@H](CO)[C@@H](O)[C@H](O)[C@H]1O)C1O[C@H](CO)[C@@H](O)[C@H](O)[C@H]1O. The average molecular weight is 374 g/mol. The van der Waals surface area contributed by atoms with Crippen molar-refractivity contribution in [1.82, 2.24) is 0 Å². The minimum Gasteiger partial charge on any atom is -0.612 e. The summed E-state index contributed by atoms with van der Waals surface area (Å²) in [6.07, 6.45) is -13.1. The summed E-state index contributed by atoms with van der Waals surface area (Å²) in [5.41, 5.74) is -3.30. The maximum atomic E-state index is 12.6. The van der Waals surface area contributed by atoms with Crippen molar-refractivity contribution in [1.29, 1.82) is 0 Å². The Kier molecular flexibility index (Phi) is 6.80. The second-order valence-corrected chi connectivity index (χ2v) is 7.31. The highest BCUT2D eigenvalue weighted by molar-refractivity contribution is 7.92. The smallest absolute Gasteiger partial charge is 0.247 e. The van der Waals surface area contributed by atoms with Crippen LogP contribution in [0.1, 0.15) is 0 Å². The van der Waals surface area contributed by atoms with Crippen LogP contribution in [0.2, 0.25) is 0 Å². The number of rotatable bonds is 4. The summed E-state index contributed by atoms with van der Waals surface area (Å²) in [4.78, 5) is 0. The van der Waals surface area contributed by atoms with E-state index in [-0.39, 0.29) is 0 Å². The van der Waals surface area contributed by atoms with Gasteiger partial charge in [0, 0.05) is 11.2 Å². The number of aliphatic hydroxyl groups is 8. The summed E-state index contributed by atoms with van der Waals surface area (Å²) in [7, 11) is 0.